The summed E-state index contributed by atoms with van der Waals surface area (Å²) in [6, 6.07) is 14.1. The number of anilines is 2. The van der Waals surface area contributed by atoms with Gasteiger partial charge in [0, 0.05) is 29.9 Å². The molecule has 0 aliphatic rings. The second-order valence-electron chi connectivity index (χ2n) is 6.47. The van der Waals surface area contributed by atoms with Crippen LogP contribution >= 0.6 is 23.2 Å². The zero-order chi connectivity index (χ0) is 20.5. The van der Waals surface area contributed by atoms with Gasteiger partial charge in [0.25, 0.3) is 5.56 Å². The molecule has 0 aliphatic carbocycles. The lowest BCUT2D eigenvalue weighted by Gasteiger charge is -2.12. The van der Waals surface area contributed by atoms with E-state index in [1.165, 1.54) is 4.57 Å². The van der Waals surface area contributed by atoms with E-state index >= 15 is 0 Å². The van der Waals surface area contributed by atoms with Crippen molar-refractivity contribution in [1.29, 1.82) is 0 Å². The number of pyridine rings is 1. The Labute approximate surface area is 176 Å². The van der Waals surface area contributed by atoms with Crippen molar-refractivity contribution in [3.05, 3.63) is 80.7 Å². The number of nitrogens with zero attached hydrogens (tertiary/aromatic N) is 3. The second-order valence-corrected chi connectivity index (χ2v) is 7.29. The van der Waals surface area contributed by atoms with Gasteiger partial charge in [-0.25, -0.2) is 4.98 Å². The Hall–Kier alpha value is -2.93. The van der Waals surface area contributed by atoms with Gasteiger partial charge in [0.05, 0.1) is 22.2 Å². The lowest BCUT2D eigenvalue weighted by molar-refractivity contribution is 0.282. The Morgan fingerprint density at radius 3 is 2.45 bits per heavy atom. The number of hydrogen-bond acceptors (Lipinski definition) is 5. The van der Waals surface area contributed by atoms with E-state index in [0.717, 1.165) is 11.3 Å². The molecule has 4 aromatic rings. The second kappa shape index (κ2) is 7.83. The van der Waals surface area contributed by atoms with Gasteiger partial charge < -0.3 is 10.4 Å². The van der Waals surface area contributed by atoms with E-state index < -0.39 is 0 Å². The summed E-state index contributed by atoms with van der Waals surface area (Å²) in [4.78, 5) is 21.8. The lowest BCUT2D eigenvalue weighted by atomic mass is 10.1. The molecule has 0 amide bonds. The average molecular weight is 427 g/mol. The number of rotatable bonds is 4. The molecule has 2 aromatic carbocycles. The molecule has 2 heterocycles. The van der Waals surface area contributed by atoms with Crippen molar-refractivity contribution in [3.8, 4) is 11.1 Å². The monoisotopic (exact) mass is 426 g/mol. The molecule has 2 aromatic heterocycles. The number of nitrogens with one attached hydrogen (secondary N) is 1. The Morgan fingerprint density at radius 1 is 1.10 bits per heavy atom. The maximum absolute atomic E-state index is 13.0. The quantitative estimate of drug-likeness (QED) is 0.500. The van der Waals surface area contributed by atoms with Crippen LogP contribution in [-0.2, 0) is 13.7 Å². The van der Waals surface area contributed by atoms with Gasteiger partial charge in [-0.1, -0.05) is 41.4 Å². The number of aryl methyl sites for hydroxylation is 1. The molecule has 0 saturated carbocycles. The van der Waals surface area contributed by atoms with E-state index in [1.54, 1.807) is 49.6 Å². The maximum Gasteiger partial charge on any atom is 0.259 e. The van der Waals surface area contributed by atoms with Crippen LogP contribution in [0.15, 0.2) is 59.5 Å². The van der Waals surface area contributed by atoms with Crippen LogP contribution < -0.4 is 10.9 Å². The van der Waals surface area contributed by atoms with Gasteiger partial charge in [0.1, 0.15) is 5.65 Å². The zero-order valence-corrected chi connectivity index (χ0v) is 16.9. The molecule has 0 bridgehead atoms. The number of aromatic nitrogens is 3. The van der Waals surface area contributed by atoms with E-state index in [4.69, 9.17) is 28.3 Å². The number of hydrogen-bond donors (Lipinski definition) is 2. The predicted molar refractivity (Wildman–Crippen MR) is 116 cm³/mol. The van der Waals surface area contributed by atoms with Crippen molar-refractivity contribution < 1.29 is 5.11 Å². The molecule has 0 unspecified atom stereocenters. The minimum absolute atomic E-state index is 0.0212. The standard InChI is InChI=1S/C21H16Cl2N4O2/c1-27-19-13(9-15(20(27)29)18-16(22)3-2-4-17(18)23)10-24-21(26-19)25-14-7-5-12(11-28)6-8-14/h2-10,28H,11H2,1H3,(H,24,25,26). The lowest BCUT2D eigenvalue weighted by Crippen LogP contribution is -2.20. The first-order valence-corrected chi connectivity index (χ1v) is 9.51. The molecule has 0 saturated heterocycles. The third-order valence-corrected chi connectivity index (χ3v) is 5.20. The van der Waals surface area contributed by atoms with Gasteiger partial charge in [-0.15, -0.1) is 0 Å². The average Bonchev–Trinajstić information content (AvgIpc) is 2.72. The number of benzene rings is 2. The number of halogens is 2. The van der Waals surface area contributed by atoms with Crippen LogP contribution in [0.3, 0.4) is 0 Å². The molecule has 0 spiro atoms. The van der Waals surface area contributed by atoms with Crippen molar-refractivity contribution in [2.24, 2.45) is 7.05 Å². The number of fused-ring (bicyclic) bond motifs is 1. The van der Waals surface area contributed by atoms with Crippen LogP contribution in [0.5, 0.6) is 0 Å². The fraction of sp³-hybridized carbons (Fsp3) is 0.0952. The summed E-state index contributed by atoms with van der Waals surface area (Å²) in [5, 5.41) is 13.7. The van der Waals surface area contributed by atoms with E-state index in [9.17, 15) is 4.79 Å². The first-order chi connectivity index (χ1) is 14.0. The summed E-state index contributed by atoms with van der Waals surface area (Å²) in [5.74, 6) is 0.354. The van der Waals surface area contributed by atoms with Crippen LogP contribution in [0.25, 0.3) is 22.2 Å². The molecule has 6 nitrogen and oxygen atoms in total. The van der Waals surface area contributed by atoms with Crippen LogP contribution in [-0.4, -0.2) is 19.6 Å². The molecule has 146 valence electrons. The zero-order valence-electron chi connectivity index (χ0n) is 15.4. The molecule has 8 heteroatoms. The van der Waals surface area contributed by atoms with Crippen molar-refractivity contribution >= 4 is 45.9 Å². The summed E-state index contributed by atoms with van der Waals surface area (Å²) >= 11 is 12.6. The highest BCUT2D eigenvalue weighted by Crippen LogP contribution is 2.33. The van der Waals surface area contributed by atoms with E-state index in [1.807, 2.05) is 12.1 Å². The molecule has 29 heavy (non-hydrogen) atoms. The van der Waals surface area contributed by atoms with Crippen molar-refractivity contribution in [2.75, 3.05) is 5.32 Å². The van der Waals surface area contributed by atoms with Crippen molar-refractivity contribution in [2.45, 2.75) is 6.61 Å². The molecule has 0 radical (unpaired) electrons. The SMILES string of the molecule is Cn1c(=O)c(-c2c(Cl)cccc2Cl)cc2cnc(Nc3ccc(CO)cc3)nc21. The largest absolute Gasteiger partial charge is 0.392 e. The van der Waals surface area contributed by atoms with Crippen LogP contribution in [0.2, 0.25) is 10.0 Å². The third-order valence-electron chi connectivity index (χ3n) is 4.57. The third kappa shape index (κ3) is 3.70. The van der Waals surface area contributed by atoms with Crippen molar-refractivity contribution in [1.82, 2.24) is 14.5 Å². The number of aliphatic hydroxyl groups is 1. The topological polar surface area (TPSA) is 80.0 Å². The minimum Gasteiger partial charge on any atom is -0.392 e. The Bertz CT molecular complexity index is 1250. The van der Waals surface area contributed by atoms with E-state index in [2.05, 4.69) is 15.3 Å². The molecule has 2 N–H and O–H groups in total. The smallest absolute Gasteiger partial charge is 0.259 e. The van der Waals surface area contributed by atoms with Gasteiger partial charge in [-0.05, 0) is 35.9 Å². The normalized spacial score (nSPS) is 11.0. The Morgan fingerprint density at radius 2 is 1.79 bits per heavy atom. The maximum atomic E-state index is 13.0. The summed E-state index contributed by atoms with van der Waals surface area (Å²) < 4.78 is 1.45. The summed E-state index contributed by atoms with van der Waals surface area (Å²) in [6.07, 6.45) is 1.64. The summed E-state index contributed by atoms with van der Waals surface area (Å²) in [5.41, 5.74) is 2.68. The minimum atomic E-state index is -0.260. The fourth-order valence-electron chi connectivity index (χ4n) is 3.06. The highest BCUT2D eigenvalue weighted by Gasteiger charge is 2.16. The molecule has 0 fully saturated rings. The molecule has 0 aliphatic heterocycles. The number of aliphatic hydroxyl groups excluding tert-OH is 1. The molecular formula is C21H16Cl2N4O2. The summed E-state index contributed by atoms with van der Waals surface area (Å²) in [6.45, 7) is -0.0212. The molecular weight excluding hydrogens is 411 g/mol. The van der Waals surface area contributed by atoms with E-state index in [-0.39, 0.29) is 12.2 Å². The highest BCUT2D eigenvalue weighted by molar-refractivity contribution is 6.39. The Kier molecular flexibility index (Phi) is 5.24. The first kappa shape index (κ1) is 19.4. The fourth-order valence-corrected chi connectivity index (χ4v) is 3.66. The summed E-state index contributed by atoms with van der Waals surface area (Å²) in [7, 11) is 1.64. The van der Waals surface area contributed by atoms with Gasteiger partial charge in [-0.2, -0.15) is 4.98 Å². The predicted octanol–water partition coefficient (Wildman–Crippen LogP) is 4.54. The van der Waals surface area contributed by atoms with Gasteiger partial charge in [0.15, 0.2) is 0 Å². The van der Waals surface area contributed by atoms with Crippen LogP contribution in [0, 0.1) is 0 Å². The van der Waals surface area contributed by atoms with Crippen LogP contribution in [0.4, 0.5) is 11.6 Å². The molecule has 0 atom stereocenters. The van der Waals surface area contributed by atoms with E-state index in [0.29, 0.717) is 38.2 Å². The molecule has 4 rings (SSSR count). The highest BCUT2D eigenvalue weighted by atomic mass is 35.5. The Balaban J connectivity index is 1.78. The van der Waals surface area contributed by atoms with Gasteiger partial charge in [0.2, 0.25) is 5.95 Å². The van der Waals surface area contributed by atoms with Crippen LogP contribution in [0.1, 0.15) is 5.56 Å². The van der Waals surface area contributed by atoms with Crippen molar-refractivity contribution in [3.63, 3.8) is 0 Å². The van der Waals surface area contributed by atoms with Gasteiger partial charge in [-0.3, -0.25) is 9.36 Å². The first-order valence-electron chi connectivity index (χ1n) is 8.76. The van der Waals surface area contributed by atoms with Gasteiger partial charge >= 0.3 is 0 Å².